The molecule has 1 aromatic carbocycles. The maximum absolute atomic E-state index is 11.3. The molecule has 0 fully saturated rings. The number of alkyl halides is 3. The number of esters is 1. The molecular weight excluding hydrogens is 407 g/mol. The van der Waals surface area contributed by atoms with Crippen LogP contribution in [0.2, 0.25) is 0 Å². The van der Waals surface area contributed by atoms with Gasteiger partial charge in [-0.1, -0.05) is 0 Å². The topological polar surface area (TPSA) is 83.5 Å². The van der Waals surface area contributed by atoms with Crippen LogP contribution in [-0.2, 0) is 14.9 Å². The van der Waals surface area contributed by atoms with Gasteiger partial charge in [-0.05, 0) is 22.0 Å². The Morgan fingerprint density at radius 2 is 1.70 bits per heavy atom. The summed E-state index contributed by atoms with van der Waals surface area (Å²) in [6.07, 6.45) is 0. The lowest BCUT2D eigenvalue weighted by molar-refractivity contribution is -0.0517. The van der Waals surface area contributed by atoms with E-state index in [1.165, 1.54) is 7.11 Å². The maximum Gasteiger partial charge on any atom is 0.485 e. The Kier molecular flexibility index (Phi) is 7.21. The van der Waals surface area contributed by atoms with Crippen LogP contribution in [0.5, 0.6) is 0 Å². The van der Waals surface area contributed by atoms with Gasteiger partial charge in [0.05, 0.1) is 33.8 Å². The minimum absolute atomic E-state index is 0.324. The monoisotopic (exact) mass is 421 g/mol. The predicted octanol–water partition coefficient (Wildman–Crippen LogP) is 2.48. The van der Waals surface area contributed by atoms with E-state index < -0.39 is 15.6 Å². The highest BCUT2D eigenvalue weighted by Gasteiger charge is 2.36. The van der Waals surface area contributed by atoms with E-state index in [9.17, 15) is 18.0 Å². The summed E-state index contributed by atoms with van der Waals surface area (Å²) in [6, 6.07) is 5.64. The second kappa shape index (κ2) is 7.60. The lowest BCUT2D eigenvalue weighted by Crippen LogP contribution is -2.34. The molecule has 23 heavy (non-hydrogen) atoms. The Morgan fingerprint density at radius 3 is 1.96 bits per heavy atom. The van der Waals surface area contributed by atoms with Crippen LogP contribution in [0.1, 0.15) is 10.4 Å². The second-order valence-electron chi connectivity index (χ2n) is 5.07. The molecule has 0 saturated heterocycles. The number of carbonyl (C=O) groups is 1. The third-order valence-electron chi connectivity index (χ3n) is 2.42. The molecule has 0 aromatic heterocycles. The molecule has 0 unspecified atom stereocenters. The molecule has 1 rings (SSSR count). The summed E-state index contributed by atoms with van der Waals surface area (Å²) < 4.78 is 65.0. The molecule has 132 valence electrons. The van der Waals surface area contributed by atoms with Crippen molar-refractivity contribution in [2.24, 2.45) is 0 Å². The minimum atomic E-state index is -6.09. The molecule has 0 aliphatic carbocycles. The summed E-state index contributed by atoms with van der Waals surface area (Å²) in [5.74, 6) is -0.324. The van der Waals surface area contributed by atoms with Gasteiger partial charge in [0.1, 0.15) is 5.69 Å². The average molecular weight is 422 g/mol. The maximum atomic E-state index is 11.3. The van der Waals surface area contributed by atoms with E-state index >= 15 is 0 Å². The first-order valence-electron chi connectivity index (χ1n) is 5.83. The summed E-state index contributed by atoms with van der Waals surface area (Å²) in [6.45, 7) is 0. The van der Waals surface area contributed by atoms with E-state index in [-0.39, 0.29) is 5.97 Å². The highest BCUT2D eigenvalue weighted by molar-refractivity contribution is 9.10. The van der Waals surface area contributed by atoms with Gasteiger partial charge in [0, 0.05) is 16.6 Å². The minimum Gasteiger partial charge on any atom is -0.741 e. The fraction of sp³-hybridized carbons (Fsp3) is 0.417. The van der Waals surface area contributed by atoms with Crippen LogP contribution in [0.15, 0.2) is 22.7 Å². The van der Waals surface area contributed by atoms with Crippen LogP contribution < -0.4 is 4.48 Å². The number of carbonyl (C=O) groups excluding carboxylic acids is 1. The molecule has 0 spiro atoms. The van der Waals surface area contributed by atoms with Gasteiger partial charge in [-0.2, -0.15) is 13.2 Å². The van der Waals surface area contributed by atoms with Crippen LogP contribution >= 0.6 is 15.9 Å². The van der Waals surface area contributed by atoms with E-state index in [0.29, 0.717) is 10.0 Å². The lowest BCUT2D eigenvalue weighted by Gasteiger charge is -2.23. The van der Waals surface area contributed by atoms with Crippen molar-refractivity contribution >= 4 is 37.7 Å². The summed E-state index contributed by atoms with van der Waals surface area (Å²) in [7, 11) is 1.49. The Hall–Kier alpha value is -1.17. The van der Waals surface area contributed by atoms with E-state index in [1.54, 1.807) is 6.07 Å². The SMILES string of the molecule is COC(=O)c1ccc([N+](C)(C)C)cc1Br.O=S(=O)([O-])C(F)(F)F. The van der Waals surface area contributed by atoms with Gasteiger partial charge in [-0.15, -0.1) is 0 Å². The zero-order valence-electron chi connectivity index (χ0n) is 12.6. The molecule has 0 amide bonds. The van der Waals surface area contributed by atoms with Gasteiger partial charge in [-0.3, -0.25) is 4.48 Å². The van der Waals surface area contributed by atoms with Crippen molar-refractivity contribution in [3.63, 3.8) is 0 Å². The first-order valence-corrected chi connectivity index (χ1v) is 8.03. The number of nitrogens with zero attached hydrogens (tertiary/aromatic N) is 1. The molecule has 6 nitrogen and oxygen atoms in total. The number of methoxy groups -OCH3 is 1. The molecule has 0 atom stereocenters. The van der Waals surface area contributed by atoms with Gasteiger partial charge in [0.15, 0.2) is 10.1 Å². The molecule has 0 aliphatic rings. The fourth-order valence-corrected chi connectivity index (χ4v) is 1.73. The summed E-state index contributed by atoms with van der Waals surface area (Å²) in [5.41, 5.74) is -3.98. The van der Waals surface area contributed by atoms with E-state index in [4.69, 9.17) is 13.0 Å². The lowest BCUT2D eigenvalue weighted by atomic mass is 10.2. The van der Waals surface area contributed by atoms with Crippen LogP contribution in [0.4, 0.5) is 18.9 Å². The molecule has 0 N–H and O–H groups in total. The highest BCUT2D eigenvalue weighted by Crippen LogP contribution is 2.26. The number of hydrogen-bond donors (Lipinski definition) is 0. The first kappa shape index (κ1) is 21.8. The van der Waals surface area contributed by atoms with Gasteiger partial charge < -0.3 is 9.29 Å². The molecular formula is C12H15BrF3NO5S. The average Bonchev–Trinajstić information content (AvgIpc) is 2.35. The number of quaternary nitrogens is 1. The molecule has 0 bridgehead atoms. The van der Waals surface area contributed by atoms with Crippen molar-refractivity contribution in [3.8, 4) is 0 Å². The zero-order valence-corrected chi connectivity index (χ0v) is 15.0. The van der Waals surface area contributed by atoms with Crippen LogP contribution in [0.3, 0.4) is 0 Å². The van der Waals surface area contributed by atoms with Crippen molar-refractivity contribution in [1.82, 2.24) is 4.48 Å². The van der Waals surface area contributed by atoms with Crippen molar-refractivity contribution in [2.45, 2.75) is 5.51 Å². The van der Waals surface area contributed by atoms with Crippen LogP contribution in [0, 0.1) is 0 Å². The summed E-state index contributed by atoms with van der Waals surface area (Å²) in [5, 5.41) is 0. The molecule has 11 heteroatoms. The first-order chi connectivity index (χ1) is 10.1. The third-order valence-corrected chi connectivity index (χ3v) is 3.64. The second-order valence-corrected chi connectivity index (χ2v) is 7.29. The van der Waals surface area contributed by atoms with Gasteiger partial charge in [-0.25, -0.2) is 13.2 Å². The normalized spacial score (nSPS) is 12.2. The van der Waals surface area contributed by atoms with Crippen molar-refractivity contribution in [1.29, 1.82) is 0 Å². The molecule has 0 heterocycles. The number of hydrogen-bond acceptors (Lipinski definition) is 5. The Bertz CT molecular complexity index is 668. The number of ether oxygens (including phenoxy) is 1. The van der Waals surface area contributed by atoms with E-state index in [2.05, 4.69) is 41.8 Å². The molecule has 0 saturated carbocycles. The summed E-state index contributed by atoms with van der Waals surface area (Å²) in [4.78, 5) is 11.3. The molecule has 0 aliphatic heterocycles. The molecule has 0 radical (unpaired) electrons. The van der Waals surface area contributed by atoms with Gasteiger partial charge in [0.2, 0.25) is 0 Å². The standard InChI is InChI=1S/C11H15BrNO2.CHF3O3S/c1-13(2,3)8-5-6-9(10(12)7-8)11(14)15-4;2-1(3,4)8(5,6)7/h5-7H,1-4H3;(H,5,6,7)/q+1;/p-1. The van der Waals surface area contributed by atoms with Crippen molar-refractivity contribution in [2.75, 3.05) is 28.3 Å². The van der Waals surface area contributed by atoms with Crippen molar-refractivity contribution < 1.29 is 35.7 Å². The Morgan fingerprint density at radius 1 is 1.26 bits per heavy atom. The quantitative estimate of drug-likeness (QED) is 0.317. The largest absolute Gasteiger partial charge is 0.741 e. The zero-order chi connectivity index (χ0) is 18.6. The summed E-state index contributed by atoms with van der Waals surface area (Å²) >= 11 is 3.37. The van der Waals surface area contributed by atoms with Crippen LogP contribution in [-0.4, -0.2) is 52.7 Å². The van der Waals surface area contributed by atoms with Gasteiger partial charge in [0.25, 0.3) is 0 Å². The van der Waals surface area contributed by atoms with E-state index in [0.717, 1.165) is 10.2 Å². The Balaban J connectivity index is 0.000000515. The number of benzene rings is 1. The predicted molar refractivity (Wildman–Crippen MR) is 80.8 cm³/mol. The highest BCUT2D eigenvalue weighted by atomic mass is 79.9. The fourth-order valence-electron chi connectivity index (χ4n) is 1.20. The third kappa shape index (κ3) is 6.85. The van der Waals surface area contributed by atoms with Crippen molar-refractivity contribution in [3.05, 3.63) is 28.2 Å². The van der Waals surface area contributed by atoms with E-state index in [1.807, 2.05) is 12.1 Å². The smallest absolute Gasteiger partial charge is 0.485 e. The Labute approximate surface area is 140 Å². The number of rotatable bonds is 2. The van der Waals surface area contributed by atoms with Crippen LogP contribution in [0.25, 0.3) is 0 Å². The number of halogens is 4. The molecule has 1 aromatic rings. The van der Waals surface area contributed by atoms with Gasteiger partial charge >= 0.3 is 11.5 Å².